The SMILES string of the molecule is CCCOc1cc(/C=C/c2cc(=O)[nH]c(C(C)C)n2)ccc1OC. The molecule has 0 aliphatic rings. The Morgan fingerprint density at radius 3 is 2.67 bits per heavy atom. The molecule has 0 saturated carbocycles. The lowest BCUT2D eigenvalue weighted by Crippen LogP contribution is -2.12. The molecule has 128 valence electrons. The van der Waals surface area contributed by atoms with E-state index in [1.54, 1.807) is 7.11 Å². The molecule has 0 atom stereocenters. The van der Waals surface area contributed by atoms with Crippen LogP contribution in [0.15, 0.2) is 29.1 Å². The van der Waals surface area contributed by atoms with Crippen LogP contribution >= 0.6 is 0 Å². The maximum Gasteiger partial charge on any atom is 0.251 e. The third kappa shape index (κ3) is 4.72. The largest absolute Gasteiger partial charge is 0.493 e. The molecule has 5 heteroatoms. The van der Waals surface area contributed by atoms with Crippen LogP contribution < -0.4 is 15.0 Å². The average molecular weight is 328 g/mol. The number of ether oxygens (including phenoxy) is 2. The molecule has 0 unspecified atom stereocenters. The Balaban J connectivity index is 2.27. The summed E-state index contributed by atoms with van der Waals surface area (Å²) in [5.41, 5.74) is 1.44. The van der Waals surface area contributed by atoms with Gasteiger partial charge in [0.1, 0.15) is 5.82 Å². The molecule has 0 bridgehead atoms. The molecule has 1 aromatic heterocycles. The number of nitrogens with zero attached hydrogens (tertiary/aromatic N) is 1. The minimum atomic E-state index is -0.143. The summed E-state index contributed by atoms with van der Waals surface area (Å²) in [6, 6.07) is 7.21. The van der Waals surface area contributed by atoms with Gasteiger partial charge in [0.15, 0.2) is 11.5 Å². The summed E-state index contributed by atoms with van der Waals surface area (Å²) in [4.78, 5) is 18.9. The van der Waals surface area contributed by atoms with Crippen molar-refractivity contribution < 1.29 is 9.47 Å². The molecule has 0 radical (unpaired) electrons. The second kappa shape index (κ2) is 8.34. The van der Waals surface area contributed by atoms with Crippen LogP contribution in [0.25, 0.3) is 12.2 Å². The van der Waals surface area contributed by atoms with Gasteiger partial charge in [0.25, 0.3) is 5.56 Å². The predicted octanol–water partition coefficient (Wildman–Crippen LogP) is 3.86. The zero-order valence-corrected chi connectivity index (χ0v) is 14.6. The molecule has 0 aliphatic heterocycles. The monoisotopic (exact) mass is 328 g/mol. The molecular weight excluding hydrogens is 304 g/mol. The van der Waals surface area contributed by atoms with Crippen LogP contribution in [0.2, 0.25) is 0 Å². The van der Waals surface area contributed by atoms with Gasteiger partial charge < -0.3 is 14.5 Å². The van der Waals surface area contributed by atoms with E-state index in [1.807, 2.05) is 44.2 Å². The molecule has 5 nitrogen and oxygen atoms in total. The summed E-state index contributed by atoms with van der Waals surface area (Å²) in [6.07, 6.45) is 4.66. The van der Waals surface area contributed by atoms with E-state index in [9.17, 15) is 4.79 Å². The highest BCUT2D eigenvalue weighted by Crippen LogP contribution is 2.28. The van der Waals surface area contributed by atoms with Gasteiger partial charge in [-0.2, -0.15) is 0 Å². The average Bonchev–Trinajstić information content (AvgIpc) is 2.57. The second-order valence-electron chi connectivity index (χ2n) is 5.80. The van der Waals surface area contributed by atoms with Gasteiger partial charge in [-0.3, -0.25) is 4.79 Å². The van der Waals surface area contributed by atoms with Crippen LogP contribution in [0, 0.1) is 0 Å². The fraction of sp³-hybridized carbons (Fsp3) is 0.368. The van der Waals surface area contributed by atoms with Crippen LogP contribution in [-0.2, 0) is 0 Å². The third-order valence-electron chi connectivity index (χ3n) is 3.42. The second-order valence-corrected chi connectivity index (χ2v) is 5.80. The van der Waals surface area contributed by atoms with E-state index in [2.05, 4.69) is 16.9 Å². The van der Waals surface area contributed by atoms with Crippen LogP contribution in [0.4, 0.5) is 0 Å². The molecule has 1 aromatic carbocycles. The van der Waals surface area contributed by atoms with Crippen molar-refractivity contribution in [1.29, 1.82) is 0 Å². The third-order valence-corrected chi connectivity index (χ3v) is 3.42. The smallest absolute Gasteiger partial charge is 0.251 e. The molecule has 24 heavy (non-hydrogen) atoms. The van der Waals surface area contributed by atoms with E-state index in [0.717, 1.165) is 12.0 Å². The molecule has 0 spiro atoms. The lowest BCUT2D eigenvalue weighted by atomic mass is 10.1. The highest BCUT2D eigenvalue weighted by atomic mass is 16.5. The van der Waals surface area contributed by atoms with Crippen molar-refractivity contribution >= 4 is 12.2 Å². The highest BCUT2D eigenvalue weighted by molar-refractivity contribution is 5.69. The van der Waals surface area contributed by atoms with Gasteiger partial charge in [-0.15, -0.1) is 0 Å². The van der Waals surface area contributed by atoms with E-state index >= 15 is 0 Å². The summed E-state index contributed by atoms with van der Waals surface area (Å²) in [7, 11) is 1.62. The molecule has 0 aliphatic carbocycles. The Labute approximate surface area is 142 Å². The molecule has 0 fully saturated rings. The first-order valence-electron chi connectivity index (χ1n) is 8.13. The van der Waals surface area contributed by atoms with Crippen molar-refractivity contribution in [1.82, 2.24) is 9.97 Å². The van der Waals surface area contributed by atoms with Crippen molar-refractivity contribution in [3.63, 3.8) is 0 Å². The van der Waals surface area contributed by atoms with Crippen LogP contribution in [0.5, 0.6) is 11.5 Å². The van der Waals surface area contributed by atoms with Gasteiger partial charge in [0, 0.05) is 12.0 Å². The van der Waals surface area contributed by atoms with E-state index in [0.29, 0.717) is 29.6 Å². The number of hydrogen-bond donors (Lipinski definition) is 1. The van der Waals surface area contributed by atoms with Crippen molar-refractivity contribution in [2.24, 2.45) is 0 Å². The number of rotatable bonds is 7. The number of aromatic nitrogens is 2. The van der Waals surface area contributed by atoms with Gasteiger partial charge in [-0.1, -0.05) is 32.9 Å². The number of hydrogen-bond acceptors (Lipinski definition) is 4. The van der Waals surface area contributed by atoms with Crippen LogP contribution in [0.3, 0.4) is 0 Å². The first kappa shape index (κ1) is 17.8. The molecule has 0 amide bonds. The zero-order valence-electron chi connectivity index (χ0n) is 14.6. The Hall–Kier alpha value is -2.56. The van der Waals surface area contributed by atoms with Gasteiger partial charge in [0.05, 0.1) is 19.4 Å². The summed E-state index contributed by atoms with van der Waals surface area (Å²) < 4.78 is 11.0. The number of benzene rings is 1. The molecule has 1 N–H and O–H groups in total. The first-order valence-corrected chi connectivity index (χ1v) is 8.13. The van der Waals surface area contributed by atoms with Crippen LogP contribution in [-0.4, -0.2) is 23.7 Å². The summed E-state index contributed by atoms with van der Waals surface area (Å²) >= 11 is 0. The van der Waals surface area contributed by atoms with Gasteiger partial charge in [-0.25, -0.2) is 4.98 Å². The fourth-order valence-electron chi connectivity index (χ4n) is 2.16. The fourth-order valence-corrected chi connectivity index (χ4v) is 2.16. The van der Waals surface area contributed by atoms with E-state index in [4.69, 9.17) is 9.47 Å². The van der Waals surface area contributed by atoms with Crippen LogP contribution in [0.1, 0.15) is 50.2 Å². The standard InChI is InChI=1S/C19H24N2O3/c1-5-10-24-17-11-14(7-9-16(17)23-4)6-8-15-12-18(22)21-19(20-15)13(2)3/h6-9,11-13H,5,10H2,1-4H3,(H,20,21,22)/b8-6+. The van der Waals surface area contributed by atoms with Crippen molar-refractivity contribution in [2.45, 2.75) is 33.1 Å². The number of methoxy groups -OCH3 is 1. The minimum absolute atomic E-state index is 0.143. The quantitative estimate of drug-likeness (QED) is 0.838. The maximum atomic E-state index is 11.7. The predicted molar refractivity (Wildman–Crippen MR) is 96.7 cm³/mol. The van der Waals surface area contributed by atoms with E-state index in [-0.39, 0.29) is 11.5 Å². The van der Waals surface area contributed by atoms with Crippen molar-refractivity contribution in [3.8, 4) is 11.5 Å². The summed E-state index contributed by atoms with van der Waals surface area (Å²) in [5, 5.41) is 0. The zero-order chi connectivity index (χ0) is 17.5. The summed E-state index contributed by atoms with van der Waals surface area (Å²) in [6.45, 7) is 6.68. The van der Waals surface area contributed by atoms with Gasteiger partial charge in [-0.05, 0) is 30.2 Å². The van der Waals surface area contributed by atoms with Gasteiger partial charge >= 0.3 is 0 Å². The molecule has 2 aromatic rings. The van der Waals surface area contributed by atoms with E-state index < -0.39 is 0 Å². The van der Waals surface area contributed by atoms with E-state index in [1.165, 1.54) is 6.07 Å². The Morgan fingerprint density at radius 2 is 2.00 bits per heavy atom. The Kier molecular flexibility index (Phi) is 6.18. The topological polar surface area (TPSA) is 64.2 Å². The Bertz CT molecular complexity index is 763. The minimum Gasteiger partial charge on any atom is -0.493 e. The number of aromatic amines is 1. The summed E-state index contributed by atoms with van der Waals surface area (Å²) in [5.74, 6) is 2.27. The van der Waals surface area contributed by atoms with Gasteiger partial charge in [0.2, 0.25) is 0 Å². The first-order chi connectivity index (χ1) is 11.5. The number of nitrogens with one attached hydrogen (secondary N) is 1. The highest BCUT2D eigenvalue weighted by Gasteiger charge is 2.05. The molecule has 1 heterocycles. The Morgan fingerprint density at radius 1 is 1.21 bits per heavy atom. The molecular formula is C19H24N2O3. The normalized spacial score (nSPS) is 11.2. The lowest BCUT2D eigenvalue weighted by molar-refractivity contribution is 0.294. The van der Waals surface area contributed by atoms with Crippen molar-refractivity contribution in [3.05, 3.63) is 51.7 Å². The number of H-pyrrole nitrogens is 1. The lowest BCUT2D eigenvalue weighted by Gasteiger charge is -2.10. The molecule has 0 saturated heterocycles. The molecule has 2 rings (SSSR count). The maximum absolute atomic E-state index is 11.7. The van der Waals surface area contributed by atoms with Crippen molar-refractivity contribution in [2.75, 3.05) is 13.7 Å².